The van der Waals surface area contributed by atoms with E-state index in [0.717, 1.165) is 11.3 Å². The highest BCUT2D eigenvalue weighted by molar-refractivity contribution is 5.93. The monoisotopic (exact) mass is 276 g/mol. The molecule has 2 unspecified atom stereocenters. The van der Waals surface area contributed by atoms with Gasteiger partial charge < -0.3 is 10.4 Å². The van der Waals surface area contributed by atoms with Crippen molar-refractivity contribution in [3.05, 3.63) is 29.8 Å². The molecule has 0 aliphatic carbocycles. The van der Waals surface area contributed by atoms with E-state index in [1.807, 2.05) is 43.0 Å². The highest BCUT2D eigenvalue weighted by Gasteiger charge is 2.35. The number of benzene rings is 1. The van der Waals surface area contributed by atoms with Crippen LogP contribution in [0.25, 0.3) is 0 Å². The molecule has 0 aromatic heterocycles. The van der Waals surface area contributed by atoms with E-state index < -0.39 is 5.97 Å². The third-order valence-electron chi connectivity index (χ3n) is 3.79. The summed E-state index contributed by atoms with van der Waals surface area (Å²) in [6.07, 6.45) is 0. The van der Waals surface area contributed by atoms with Crippen molar-refractivity contribution < 1.29 is 14.7 Å². The fourth-order valence-electron chi connectivity index (χ4n) is 2.62. The summed E-state index contributed by atoms with van der Waals surface area (Å²) < 4.78 is 0. The first-order chi connectivity index (χ1) is 9.47. The van der Waals surface area contributed by atoms with Gasteiger partial charge in [-0.05, 0) is 24.5 Å². The number of amides is 1. The van der Waals surface area contributed by atoms with Crippen LogP contribution in [0.2, 0.25) is 0 Å². The van der Waals surface area contributed by atoms with Crippen LogP contribution in [-0.4, -0.2) is 41.5 Å². The summed E-state index contributed by atoms with van der Waals surface area (Å²) in [5, 5.41) is 11.9. The molecule has 0 spiro atoms. The smallest absolute Gasteiger partial charge is 0.308 e. The van der Waals surface area contributed by atoms with Gasteiger partial charge in [0.05, 0.1) is 12.5 Å². The van der Waals surface area contributed by atoms with Gasteiger partial charge in [-0.3, -0.25) is 14.5 Å². The molecule has 5 nitrogen and oxygen atoms in total. The lowest BCUT2D eigenvalue weighted by atomic mass is 9.99. The SMILES string of the molecule is Cc1ccccc1NC(=O)CN1CC(C)C(C(=O)O)C1. The number of hydrogen-bond donors (Lipinski definition) is 2. The third-order valence-corrected chi connectivity index (χ3v) is 3.79. The van der Waals surface area contributed by atoms with Crippen LogP contribution in [-0.2, 0) is 9.59 Å². The summed E-state index contributed by atoms with van der Waals surface area (Å²) in [5.74, 6) is -1.17. The van der Waals surface area contributed by atoms with Crippen molar-refractivity contribution in [1.82, 2.24) is 4.90 Å². The molecule has 1 saturated heterocycles. The Morgan fingerprint density at radius 1 is 1.35 bits per heavy atom. The van der Waals surface area contributed by atoms with Gasteiger partial charge in [0, 0.05) is 18.8 Å². The Labute approximate surface area is 118 Å². The predicted molar refractivity (Wildman–Crippen MR) is 76.5 cm³/mol. The van der Waals surface area contributed by atoms with Crippen molar-refractivity contribution in [2.24, 2.45) is 11.8 Å². The maximum absolute atomic E-state index is 12.0. The Hall–Kier alpha value is -1.88. The number of nitrogens with zero attached hydrogens (tertiary/aromatic N) is 1. The lowest BCUT2D eigenvalue weighted by molar-refractivity contribution is -0.142. The van der Waals surface area contributed by atoms with Crippen LogP contribution >= 0.6 is 0 Å². The van der Waals surface area contributed by atoms with Crippen LogP contribution in [0, 0.1) is 18.8 Å². The summed E-state index contributed by atoms with van der Waals surface area (Å²) >= 11 is 0. The second-order valence-electron chi connectivity index (χ2n) is 5.48. The molecule has 20 heavy (non-hydrogen) atoms. The molecule has 0 saturated carbocycles. The number of rotatable bonds is 4. The summed E-state index contributed by atoms with van der Waals surface area (Å²) in [6, 6.07) is 7.60. The normalized spacial score (nSPS) is 22.7. The molecule has 5 heteroatoms. The fourth-order valence-corrected chi connectivity index (χ4v) is 2.62. The third kappa shape index (κ3) is 3.36. The molecule has 2 atom stereocenters. The first-order valence-electron chi connectivity index (χ1n) is 6.78. The van der Waals surface area contributed by atoms with Gasteiger partial charge in [0.2, 0.25) is 5.91 Å². The molecule has 1 heterocycles. The molecular weight excluding hydrogens is 256 g/mol. The molecule has 108 valence electrons. The van der Waals surface area contributed by atoms with Crippen LogP contribution in [0.3, 0.4) is 0 Å². The Balaban J connectivity index is 1.90. The lowest BCUT2D eigenvalue weighted by Gasteiger charge is -2.15. The Kier molecular flexibility index (Phi) is 4.39. The van der Waals surface area contributed by atoms with Crippen LogP contribution in [0.1, 0.15) is 12.5 Å². The molecule has 1 aromatic rings. The first kappa shape index (κ1) is 14.5. The average Bonchev–Trinajstić information content (AvgIpc) is 2.73. The number of anilines is 1. The van der Waals surface area contributed by atoms with Crippen molar-refractivity contribution in [2.45, 2.75) is 13.8 Å². The van der Waals surface area contributed by atoms with Crippen molar-refractivity contribution in [1.29, 1.82) is 0 Å². The van der Waals surface area contributed by atoms with Crippen LogP contribution in [0.4, 0.5) is 5.69 Å². The zero-order valence-electron chi connectivity index (χ0n) is 11.8. The summed E-state index contributed by atoms with van der Waals surface area (Å²) in [6.45, 7) is 5.18. The number of carboxylic acid groups (broad SMARTS) is 1. The van der Waals surface area contributed by atoms with Crippen molar-refractivity contribution in [3.8, 4) is 0 Å². The van der Waals surface area contributed by atoms with Crippen LogP contribution in [0.15, 0.2) is 24.3 Å². The van der Waals surface area contributed by atoms with Crippen molar-refractivity contribution >= 4 is 17.6 Å². The van der Waals surface area contributed by atoms with Crippen LogP contribution in [0.5, 0.6) is 0 Å². The van der Waals surface area contributed by atoms with E-state index in [2.05, 4.69) is 5.32 Å². The number of likely N-dealkylation sites (tertiary alicyclic amines) is 1. The van der Waals surface area contributed by atoms with E-state index in [0.29, 0.717) is 13.1 Å². The molecule has 2 rings (SSSR count). The molecule has 1 aromatic carbocycles. The largest absolute Gasteiger partial charge is 0.481 e. The quantitative estimate of drug-likeness (QED) is 0.876. The van der Waals surface area contributed by atoms with E-state index >= 15 is 0 Å². The molecule has 1 aliphatic rings. The predicted octanol–water partition coefficient (Wildman–Crippen LogP) is 1.59. The molecule has 2 N–H and O–H groups in total. The highest BCUT2D eigenvalue weighted by atomic mass is 16.4. The average molecular weight is 276 g/mol. The standard InChI is InChI=1S/C15H20N2O3/c1-10-5-3-4-6-13(10)16-14(18)9-17-7-11(2)12(8-17)15(19)20/h3-6,11-12H,7-9H2,1-2H3,(H,16,18)(H,19,20). The van der Waals surface area contributed by atoms with E-state index in [1.165, 1.54) is 0 Å². The second-order valence-corrected chi connectivity index (χ2v) is 5.48. The Bertz CT molecular complexity index is 516. The van der Waals surface area contributed by atoms with Gasteiger partial charge >= 0.3 is 5.97 Å². The summed E-state index contributed by atoms with van der Waals surface area (Å²) in [5.41, 5.74) is 1.82. The van der Waals surface area contributed by atoms with Crippen LogP contribution < -0.4 is 5.32 Å². The topological polar surface area (TPSA) is 69.6 Å². The van der Waals surface area contributed by atoms with E-state index in [4.69, 9.17) is 5.11 Å². The maximum Gasteiger partial charge on any atom is 0.308 e. The van der Waals surface area contributed by atoms with Crippen molar-refractivity contribution in [2.75, 3.05) is 25.0 Å². The number of carbonyl (C=O) groups excluding carboxylic acids is 1. The van der Waals surface area contributed by atoms with Gasteiger partial charge in [0.1, 0.15) is 0 Å². The first-order valence-corrected chi connectivity index (χ1v) is 6.78. The number of carboxylic acids is 1. The summed E-state index contributed by atoms with van der Waals surface area (Å²) in [7, 11) is 0. The molecule has 1 fully saturated rings. The Morgan fingerprint density at radius 3 is 2.65 bits per heavy atom. The molecule has 0 radical (unpaired) electrons. The van der Waals surface area contributed by atoms with E-state index in [-0.39, 0.29) is 24.3 Å². The zero-order valence-corrected chi connectivity index (χ0v) is 11.8. The van der Waals surface area contributed by atoms with Gasteiger partial charge in [0.15, 0.2) is 0 Å². The minimum atomic E-state index is -0.778. The number of hydrogen-bond acceptors (Lipinski definition) is 3. The molecule has 1 aliphatic heterocycles. The minimum Gasteiger partial charge on any atom is -0.481 e. The zero-order chi connectivity index (χ0) is 14.7. The van der Waals surface area contributed by atoms with Crippen molar-refractivity contribution in [3.63, 3.8) is 0 Å². The molecular formula is C15H20N2O3. The van der Waals surface area contributed by atoms with Gasteiger partial charge in [0.25, 0.3) is 0 Å². The Morgan fingerprint density at radius 2 is 2.05 bits per heavy atom. The number of carbonyl (C=O) groups is 2. The number of aryl methyl sites for hydroxylation is 1. The number of para-hydroxylation sites is 1. The lowest BCUT2D eigenvalue weighted by Crippen LogP contribution is -2.32. The van der Waals surface area contributed by atoms with E-state index in [1.54, 1.807) is 0 Å². The van der Waals surface area contributed by atoms with Gasteiger partial charge in [-0.25, -0.2) is 0 Å². The fraction of sp³-hybridized carbons (Fsp3) is 0.467. The molecule has 0 bridgehead atoms. The second kappa shape index (κ2) is 6.05. The number of nitrogens with one attached hydrogen (secondary N) is 1. The van der Waals surface area contributed by atoms with Gasteiger partial charge in [-0.1, -0.05) is 25.1 Å². The summed E-state index contributed by atoms with van der Waals surface area (Å²) in [4.78, 5) is 25.0. The van der Waals surface area contributed by atoms with Gasteiger partial charge in [-0.15, -0.1) is 0 Å². The minimum absolute atomic E-state index is 0.0822. The van der Waals surface area contributed by atoms with Gasteiger partial charge in [-0.2, -0.15) is 0 Å². The maximum atomic E-state index is 12.0. The highest BCUT2D eigenvalue weighted by Crippen LogP contribution is 2.23. The van der Waals surface area contributed by atoms with E-state index in [9.17, 15) is 9.59 Å². The molecule has 1 amide bonds. The number of aliphatic carboxylic acids is 1.